The Balaban J connectivity index is 2.36. The lowest BCUT2D eigenvalue weighted by atomic mass is 9.96. The zero-order chi connectivity index (χ0) is 12.0. The summed E-state index contributed by atoms with van der Waals surface area (Å²) in [7, 11) is 4.10. The van der Waals surface area contributed by atoms with E-state index in [0.717, 1.165) is 12.8 Å². The average Bonchev–Trinajstić information content (AvgIpc) is 2.73. The molecule has 0 unspecified atom stereocenters. The summed E-state index contributed by atoms with van der Waals surface area (Å²) in [5, 5.41) is 11.3. The van der Waals surface area contributed by atoms with Crippen LogP contribution in [0.2, 0.25) is 0 Å². The number of nitrogens with zero attached hydrogens (tertiary/aromatic N) is 1. The first kappa shape index (κ1) is 13.3. The minimum Gasteiger partial charge on any atom is -0.447 e. The molecule has 2 N–H and O–H groups in total. The molecule has 0 spiro atoms. The minimum absolute atomic E-state index is 0.0563. The monoisotopic (exact) mass is 230 g/mol. The Bertz CT molecular complexity index is 225. The molecule has 0 aromatic heterocycles. The number of ether oxygens (including phenoxy) is 1. The predicted octanol–water partition coefficient (Wildman–Crippen LogP) is 0.579. The van der Waals surface area contributed by atoms with E-state index in [4.69, 9.17) is 9.84 Å². The molecule has 1 amide bonds. The highest BCUT2D eigenvalue weighted by Gasteiger charge is 2.36. The van der Waals surface area contributed by atoms with E-state index in [1.54, 1.807) is 0 Å². The molecule has 1 fully saturated rings. The van der Waals surface area contributed by atoms with Crippen LogP contribution in [-0.4, -0.2) is 55.5 Å². The number of amides is 1. The van der Waals surface area contributed by atoms with E-state index in [1.165, 1.54) is 12.8 Å². The van der Waals surface area contributed by atoms with Gasteiger partial charge in [0, 0.05) is 12.1 Å². The Labute approximate surface area is 96.8 Å². The van der Waals surface area contributed by atoms with Gasteiger partial charge in [-0.05, 0) is 26.9 Å². The van der Waals surface area contributed by atoms with Gasteiger partial charge in [-0.15, -0.1) is 0 Å². The number of aliphatic hydroxyl groups excluding tert-OH is 1. The number of aliphatic hydroxyl groups is 1. The topological polar surface area (TPSA) is 61.8 Å². The highest BCUT2D eigenvalue weighted by atomic mass is 16.6. The van der Waals surface area contributed by atoms with E-state index in [1.807, 2.05) is 14.1 Å². The smallest absolute Gasteiger partial charge is 0.407 e. The van der Waals surface area contributed by atoms with Crippen molar-refractivity contribution in [3.8, 4) is 0 Å². The van der Waals surface area contributed by atoms with E-state index >= 15 is 0 Å². The molecular weight excluding hydrogens is 208 g/mol. The molecule has 1 aliphatic rings. The lowest BCUT2D eigenvalue weighted by molar-refractivity contribution is 0.107. The van der Waals surface area contributed by atoms with Gasteiger partial charge in [0.05, 0.1) is 6.61 Å². The number of alkyl carbamates (subject to hydrolysis) is 1. The van der Waals surface area contributed by atoms with Gasteiger partial charge < -0.3 is 20.1 Å². The van der Waals surface area contributed by atoms with Gasteiger partial charge in [0.2, 0.25) is 0 Å². The molecule has 0 aromatic carbocycles. The van der Waals surface area contributed by atoms with Crippen LogP contribution < -0.4 is 5.32 Å². The van der Waals surface area contributed by atoms with Gasteiger partial charge in [0.1, 0.15) is 6.61 Å². The van der Waals surface area contributed by atoms with Gasteiger partial charge in [-0.2, -0.15) is 0 Å². The van der Waals surface area contributed by atoms with Gasteiger partial charge in [0.25, 0.3) is 0 Å². The van der Waals surface area contributed by atoms with Crippen molar-refractivity contribution in [2.24, 2.45) is 0 Å². The molecule has 5 heteroatoms. The van der Waals surface area contributed by atoms with E-state index in [0.29, 0.717) is 6.54 Å². The standard InChI is InChI=1S/C11H22N2O3/c1-13(2)11(5-3-4-6-11)9-12-10(15)16-8-7-14/h14H,3-9H2,1-2H3,(H,12,15). The second-order valence-electron chi connectivity index (χ2n) is 4.54. The fourth-order valence-corrected chi connectivity index (χ4v) is 2.24. The van der Waals surface area contributed by atoms with Crippen molar-refractivity contribution >= 4 is 6.09 Å². The van der Waals surface area contributed by atoms with Crippen molar-refractivity contribution in [2.45, 2.75) is 31.2 Å². The van der Waals surface area contributed by atoms with Crippen LogP contribution in [0, 0.1) is 0 Å². The number of nitrogens with one attached hydrogen (secondary N) is 1. The van der Waals surface area contributed by atoms with Crippen LogP contribution in [0.5, 0.6) is 0 Å². The summed E-state index contributed by atoms with van der Waals surface area (Å²) in [5.41, 5.74) is 0.0816. The van der Waals surface area contributed by atoms with Crippen molar-refractivity contribution in [2.75, 3.05) is 33.9 Å². The third-order valence-electron chi connectivity index (χ3n) is 3.37. The van der Waals surface area contributed by atoms with Crippen LogP contribution in [0.25, 0.3) is 0 Å². The van der Waals surface area contributed by atoms with Crippen LogP contribution in [-0.2, 0) is 4.74 Å². The molecule has 0 radical (unpaired) electrons. The Kier molecular flexibility index (Phi) is 5.02. The van der Waals surface area contributed by atoms with Crippen LogP contribution in [0.4, 0.5) is 4.79 Å². The maximum Gasteiger partial charge on any atom is 0.407 e. The Morgan fingerprint density at radius 1 is 1.44 bits per heavy atom. The van der Waals surface area contributed by atoms with Crippen LogP contribution in [0.1, 0.15) is 25.7 Å². The Morgan fingerprint density at radius 3 is 2.56 bits per heavy atom. The van der Waals surface area contributed by atoms with E-state index < -0.39 is 6.09 Å². The number of carbonyl (C=O) groups excluding carboxylic acids is 1. The number of likely N-dealkylation sites (N-methyl/N-ethyl adjacent to an activating group) is 1. The van der Waals surface area contributed by atoms with E-state index in [2.05, 4.69) is 10.2 Å². The number of hydrogen-bond acceptors (Lipinski definition) is 4. The average molecular weight is 230 g/mol. The first-order chi connectivity index (χ1) is 7.60. The van der Waals surface area contributed by atoms with E-state index in [-0.39, 0.29) is 18.8 Å². The maximum absolute atomic E-state index is 11.3. The summed E-state index contributed by atoms with van der Waals surface area (Å²) in [6.07, 6.45) is 4.21. The van der Waals surface area contributed by atoms with Crippen LogP contribution >= 0.6 is 0 Å². The maximum atomic E-state index is 11.3. The molecule has 0 saturated heterocycles. The zero-order valence-corrected chi connectivity index (χ0v) is 10.2. The summed E-state index contributed by atoms with van der Waals surface area (Å²) < 4.78 is 4.76. The second kappa shape index (κ2) is 6.06. The largest absolute Gasteiger partial charge is 0.447 e. The molecule has 94 valence electrons. The lowest BCUT2D eigenvalue weighted by Crippen LogP contribution is -2.50. The lowest BCUT2D eigenvalue weighted by Gasteiger charge is -2.36. The normalized spacial score (nSPS) is 18.8. The van der Waals surface area contributed by atoms with Crippen molar-refractivity contribution in [1.82, 2.24) is 10.2 Å². The fraction of sp³-hybridized carbons (Fsp3) is 0.909. The first-order valence-corrected chi connectivity index (χ1v) is 5.80. The van der Waals surface area contributed by atoms with E-state index in [9.17, 15) is 4.79 Å². The van der Waals surface area contributed by atoms with Crippen molar-refractivity contribution in [3.05, 3.63) is 0 Å². The van der Waals surface area contributed by atoms with Gasteiger partial charge >= 0.3 is 6.09 Å². The van der Waals surface area contributed by atoms with Crippen LogP contribution in [0.3, 0.4) is 0 Å². The molecule has 16 heavy (non-hydrogen) atoms. The quantitative estimate of drug-likeness (QED) is 0.725. The SMILES string of the molecule is CN(C)C1(CNC(=O)OCCO)CCCC1. The van der Waals surface area contributed by atoms with Gasteiger partial charge in [0.15, 0.2) is 0 Å². The summed E-state index contributed by atoms with van der Waals surface area (Å²) in [6.45, 7) is 0.539. The van der Waals surface area contributed by atoms with Gasteiger partial charge in [-0.1, -0.05) is 12.8 Å². The second-order valence-corrected chi connectivity index (χ2v) is 4.54. The molecule has 0 bridgehead atoms. The molecule has 1 saturated carbocycles. The summed E-state index contributed by atoms with van der Waals surface area (Å²) in [5.74, 6) is 0. The van der Waals surface area contributed by atoms with Crippen molar-refractivity contribution in [3.63, 3.8) is 0 Å². The Hall–Kier alpha value is -0.810. The zero-order valence-electron chi connectivity index (χ0n) is 10.2. The minimum atomic E-state index is -0.442. The third-order valence-corrected chi connectivity index (χ3v) is 3.37. The van der Waals surface area contributed by atoms with Crippen molar-refractivity contribution in [1.29, 1.82) is 0 Å². The predicted molar refractivity (Wildman–Crippen MR) is 61.3 cm³/mol. The van der Waals surface area contributed by atoms with Gasteiger partial charge in [-0.25, -0.2) is 4.79 Å². The molecule has 0 aliphatic heterocycles. The number of carbonyl (C=O) groups is 1. The molecule has 5 nitrogen and oxygen atoms in total. The molecule has 1 rings (SSSR count). The molecule has 0 aromatic rings. The Morgan fingerprint density at radius 2 is 2.06 bits per heavy atom. The summed E-state index contributed by atoms with van der Waals surface area (Å²) >= 11 is 0. The number of hydrogen-bond donors (Lipinski definition) is 2. The van der Waals surface area contributed by atoms with Crippen molar-refractivity contribution < 1.29 is 14.6 Å². The first-order valence-electron chi connectivity index (χ1n) is 5.80. The summed E-state index contributed by atoms with van der Waals surface area (Å²) in [4.78, 5) is 13.4. The molecule has 1 aliphatic carbocycles. The molecule has 0 heterocycles. The molecular formula is C11H22N2O3. The third kappa shape index (κ3) is 3.35. The molecule has 0 atom stereocenters. The van der Waals surface area contributed by atoms with Gasteiger partial charge in [-0.3, -0.25) is 0 Å². The highest BCUT2D eigenvalue weighted by molar-refractivity contribution is 5.67. The number of rotatable bonds is 5. The van der Waals surface area contributed by atoms with Crippen LogP contribution in [0.15, 0.2) is 0 Å². The fourth-order valence-electron chi connectivity index (χ4n) is 2.24. The highest BCUT2D eigenvalue weighted by Crippen LogP contribution is 2.32. The summed E-state index contributed by atoms with van der Waals surface area (Å²) in [6, 6.07) is 0.